The fourth-order valence-corrected chi connectivity index (χ4v) is 7.75. The highest BCUT2D eigenvalue weighted by atomic mass is 16.5. The molecule has 0 unspecified atom stereocenters. The minimum atomic E-state index is -0.498. The van der Waals surface area contributed by atoms with E-state index in [1.54, 1.807) is 0 Å². The van der Waals surface area contributed by atoms with Gasteiger partial charge in [-0.3, -0.25) is 0 Å². The number of hydrogen-bond donors (Lipinski definition) is 1. The van der Waals surface area contributed by atoms with E-state index in [1.165, 1.54) is 27.6 Å². The molecule has 206 valence electrons. The predicted molar refractivity (Wildman–Crippen MR) is 178 cm³/mol. The lowest BCUT2D eigenvalue weighted by atomic mass is 9.66. The molecule has 0 fully saturated rings. The normalized spacial score (nSPS) is 13.8. The highest BCUT2D eigenvalue weighted by Crippen LogP contribution is 2.62. The van der Waals surface area contributed by atoms with Crippen LogP contribution >= 0.6 is 0 Å². The monoisotopic (exact) mass is 563 g/mol. The molecule has 7 aromatic carbocycles. The minimum absolute atomic E-state index is 0.498. The van der Waals surface area contributed by atoms with Crippen LogP contribution in [0.25, 0.3) is 43.8 Å². The molecule has 0 saturated heterocycles. The summed E-state index contributed by atoms with van der Waals surface area (Å²) in [6.07, 6.45) is 0. The van der Waals surface area contributed by atoms with Crippen LogP contribution in [0.4, 0.5) is 11.4 Å². The molecular formula is C41H25NO2. The van der Waals surface area contributed by atoms with Crippen LogP contribution in [-0.2, 0) is 5.41 Å². The minimum Gasteiger partial charge on any atom is -0.457 e. The number of benzene rings is 7. The second-order valence-electron chi connectivity index (χ2n) is 11.7. The molecule has 2 aliphatic rings. The van der Waals surface area contributed by atoms with Crippen LogP contribution in [0.3, 0.4) is 0 Å². The molecule has 8 aromatic rings. The van der Waals surface area contributed by atoms with Crippen molar-refractivity contribution < 1.29 is 9.15 Å². The summed E-state index contributed by atoms with van der Waals surface area (Å²) in [5.41, 5.74) is 10.7. The van der Waals surface area contributed by atoms with Crippen molar-refractivity contribution in [2.24, 2.45) is 0 Å². The number of fused-ring (bicyclic) bond motifs is 14. The Morgan fingerprint density at radius 2 is 1.20 bits per heavy atom. The lowest BCUT2D eigenvalue weighted by Crippen LogP contribution is -2.32. The van der Waals surface area contributed by atoms with Gasteiger partial charge >= 0.3 is 0 Å². The van der Waals surface area contributed by atoms with Crippen LogP contribution in [-0.4, -0.2) is 0 Å². The molecule has 1 aliphatic carbocycles. The standard InChI is InChI=1S/C41H25NO2/c1-2-11-27-25(10-1)20-22-30-39-35(16-9-19-38(39)44-40(27)30)42-26-21-23-29-28-12-3-4-13-31(28)41(34(29)24-26)32-14-5-7-17-36(32)43-37-18-8-6-15-33(37)41/h1-24,42H. The average Bonchev–Trinajstić information content (AvgIpc) is 3.60. The van der Waals surface area contributed by atoms with E-state index in [0.29, 0.717) is 0 Å². The molecule has 2 heterocycles. The fraction of sp³-hybridized carbons (Fsp3) is 0.0244. The van der Waals surface area contributed by atoms with Gasteiger partial charge in [0.2, 0.25) is 0 Å². The lowest BCUT2D eigenvalue weighted by molar-refractivity contribution is 0.436. The van der Waals surface area contributed by atoms with Crippen molar-refractivity contribution in [3.63, 3.8) is 0 Å². The van der Waals surface area contributed by atoms with Gasteiger partial charge in [-0.2, -0.15) is 0 Å². The average molecular weight is 564 g/mol. The number of ether oxygens (including phenoxy) is 1. The smallest absolute Gasteiger partial charge is 0.143 e. The molecule has 44 heavy (non-hydrogen) atoms. The van der Waals surface area contributed by atoms with E-state index in [2.05, 4.69) is 151 Å². The number of hydrogen-bond acceptors (Lipinski definition) is 3. The molecule has 0 saturated carbocycles. The highest BCUT2D eigenvalue weighted by molar-refractivity contribution is 6.18. The van der Waals surface area contributed by atoms with Crippen molar-refractivity contribution in [1.82, 2.24) is 0 Å². The molecular weight excluding hydrogens is 538 g/mol. The van der Waals surface area contributed by atoms with Gasteiger partial charge in [0.25, 0.3) is 0 Å². The van der Waals surface area contributed by atoms with Gasteiger partial charge in [-0.1, -0.05) is 103 Å². The van der Waals surface area contributed by atoms with Gasteiger partial charge in [0.05, 0.1) is 16.5 Å². The van der Waals surface area contributed by atoms with Crippen LogP contribution in [0, 0.1) is 0 Å². The van der Waals surface area contributed by atoms with E-state index in [4.69, 9.17) is 9.15 Å². The van der Waals surface area contributed by atoms with Gasteiger partial charge < -0.3 is 14.5 Å². The van der Waals surface area contributed by atoms with Gasteiger partial charge in [0, 0.05) is 27.6 Å². The summed E-state index contributed by atoms with van der Waals surface area (Å²) in [6.45, 7) is 0. The summed E-state index contributed by atoms with van der Waals surface area (Å²) in [5, 5.41) is 8.31. The lowest BCUT2D eigenvalue weighted by Gasteiger charge is -2.39. The third-order valence-corrected chi connectivity index (χ3v) is 9.51. The Bertz CT molecular complexity index is 2420. The molecule has 1 spiro atoms. The zero-order valence-electron chi connectivity index (χ0n) is 23.7. The number of nitrogens with one attached hydrogen (secondary N) is 1. The molecule has 10 rings (SSSR count). The zero-order valence-corrected chi connectivity index (χ0v) is 23.7. The van der Waals surface area contributed by atoms with Crippen LogP contribution in [0.15, 0.2) is 150 Å². The van der Waals surface area contributed by atoms with E-state index in [1.807, 2.05) is 0 Å². The van der Waals surface area contributed by atoms with Gasteiger partial charge in [-0.25, -0.2) is 0 Å². The maximum atomic E-state index is 6.50. The molecule has 1 N–H and O–H groups in total. The molecule has 3 heteroatoms. The van der Waals surface area contributed by atoms with E-state index < -0.39 is 5.41 Å². The van der Waals surface area contributed by atoms with Crippen LogP contribution in [0.1, 0.15) is 22.3 Å². The molecule has 1 aliphatic heterocycles. The molecule has 0 atom stereocenters. The van der Waals surface area contributed by atoms with Crippen molar-refractivity contribution in [2.75, 3.05) is 5.32 Å². The summed E-state index contributed by atoms with van der Waals surface area (Å²) in [5.74, 6) is 1.79. The van der Waals surface area contributed by atoms with E-state index in [0.717, 1.165) is 61.3 Å². The summed E-state index contributed by atoms with van der Waals surface area (Å²) in [6, 6.07) is 51.6. The largest absolute Gasteiger partial charge is 0.457 e. The Morgan fingerprint density at radius 1 is 0.500 bits per heavy atom. The maximum Gasteiger partial charge on any atom is 0.143 e. The second-order valence-corrected chi connectivity index (χ2v) is 11.7. The Labute approximate surface area is 254 Å². The van der Waals surface area contributed by atoms with E-state index in [-0.39, 0.29) is 0 Å². The summed E-state index contributed by atoms with van der Waals surface area (Å²) < 4.78 is 13.0. The third-order valence-electron chi connectivity index (χ3n) is 9.51. The fourth-order valence-electron chi connectivity index (χ4n) is 7.75. The predicted octanol–water partition coefficient (Wildman–Crippen LogP) is 11.0. The van der Waals surface area contributed by atoms with Crippen molar-refractivity contribution in [3.05, 3.63) is 168 Å². The van der Waals surface area contributed by atoms with Crippen LogP contribution in [0.2, 0.25) is 0 Å². The summed E-state index contributed by atoms with van der Waals surface area (Å²) in [7, 11) is 0. The summed E-state index contributed by atoms with van der Waals surface area (Å²) in [4.78, 5) is 0. The SMILES string of the molecule is c1ccc2c(c1)Oc1ccccc1C21c2ccccc2-c2ccc(Nc3cccc4oc5c6ccccc6ccc5c34)cc21. The van der Waals surface area contributed by atoms with Crippen molar-refractivity contribution in [1.29, 1.82) is 0 Å². The van der Waals surface area contributed by atoms with Gasteiger partial charge in [-0.15, -0.1) is 0 Å². The molecule has 3 nitrogen and oxygen atoms in total. The Balaban J connectivity index is 1.21. The molecule has 0 bridgehead atoms. The van der Waals surface area contributed by atoms with Crippen molar-refractivity contribution >= 4 is 44.1 Å². The molecule has 0 radical (unpaired) electrons. The maximum absolute atomic E-state index is 6.50. The van der Waals surface area contributed by atoms with Crippen LogP contribution < -0.4 is 10.1 Å². The zero-order chi connectivity index (χ0) is 28.8. The van der Waals surface area contributed by atoms with E-state index >= 15 is 0 Å². The Hall–Kier alpha value is -5.80. The third kappa shape index (κ3) is 3.00. The first kappa shape index (κ1) is 23.7. The Kier molecular flexibility index (Phi) is 4.65. The number of rotatable bonds is 2. The highest BCUT2D eigenvalue weighted by Gasteiger charge is 2.51. The topological polar surface area (TPSA) is 34.4 Å². The Morgan fingerprint density at radius 3 is 2.05 bits per heavy atom. The number of anilines is 2. The van der Waals surface area contributed by atoms with Gasteiger partial charge in [0.1, 0.15) is 22.7 Å². The first-order valence-electron chi connectivity index (χ1n) is 15.0. The van der Waals surface area contributed by atoms with E-state index in [9.17, 15) is 0 Å². The second kappa shape index (κ2) is 8.62. The molecule has 0 amide bonds. The number of furan rings is 1. The summed E-state index contributed by atoms with van der Waals surface area (Å²) >= 11 is 0. The van der Waals surface area contributed by atoms with Crippen molar-refractivity contribution in [3.8, 4) is 22.6 Å². The quantitative estimate of drug-likeness (QED) is 0.227. The van der Waals surface area contributed by atoms with Gasteiger partial charge in [0.15, 0.2) is 0 Å². The first-order chi connectivity index (χ1) is 21.8. The van der Waals surface area contributed by atoms with Crippen LogP contribution in [0.5, 0.6) is 11.5 Å². The number of para-hydroxylation sites is 2. The molecule has 1 aromatic heterocycles. The van der Waals surface area contributed by atoms with Crippen molar-refractivity contribution in [2.45, 2.75) is 5.41 Å². The van der Waals surface area contributed by atoms with Gasteiger partial charge in [-0.05, 0) is 70.1 Å². The first-order valence-corrected chi connectivity index (χ1v) is 15.0.